The van der Waals surface area contributed by atoms with E-state index in [0.717, 1.165) is 17.5 Å². The summed E-state index contributed by atoms with van der Waals surface area (Å²) in [5.41, 5.74) is 1.78. The molecule has 21 heavy (non-hydrogen) atoms. The fourth-order valence-electron chi connectivity index (χ4n) is 2.04. The number of methoxy groups -OCH3 is 2. The minimum atomic E-state index is -0.127. The number of aromatic amines is 1. The van der Waals surface area contributed by atoms with E-state index >= 15 is 0 Å². The van der Waals surface area contributed by atoms with E-state index in [9.17, 15) is 4.79 Å². The molecule has 0 saturated heterocycles. The van der Waals surface area contributed by atoms with Crippen molar-refractivity contribution in [1.82, 2.24) is 10.2 Å². The number of hydrogen-bond acceptors (Lipinski definition) is 4. The van der Waals surface area contributed by atoms with Crippen molar-refractivity contribution >= 4 is 11.7 Å². The van der Waals surface area contributed by atoms with E-state index in [2.05, 4.69) is 15.5 Å². The number of anilines is 1. The molecule has 6 nitrogen and oxygen atoms in total. The van der Waals surface area contributed by atoms with Gasteiger partial charge in [0, 0.05) is 17.2 Å². The Kier molecular flexibility index (Phi) is 4.81. The summed E-state index contributed by atoms with van der Waals surface area (Å²) in [7, 11) is 3.16. The Morgan fingerprint density at radius 2 is 2.10 bits per heavy atom. The van der Waals surface area contributed by atoms with E-state index in [0.29, 0.717) is 17.3 Å². The molecule has 0 unspecified atom stereocenters. The smallest absolute Gasteiger partial charge is 0.230 e. The monoisotopic (exact) mass is 289 g/mol. The van der Waals surface area contributed by atoms with Gasteiger partial charge in [-0.2, -0.15) is 5.10 Å². The number of nitrogens with zero attached hydrogens (tertiary/aromatic N) is 1. The highest BCUT2D eigenvalue weighted by molar-refractivity contribution is 5.92. The molecule has 0 bridgehead atoms. The number of rotatable bonds is 6. The van der Waals surface area contributed by atoms with Crippen LogP contribution in [0, 0.1) is 0 Å². The first-order chi connectivity index (χ1) is 10.2. The molecule has 2 rings (SSSR count). The maximum Gasteiger partial charge on any atom is 0.230 e. The lowest BCUT2D eigenvalue weighted by Gasteiger charge is -2.10. The van der Waals surface area contributed by atoms with Gasteiger partial charge in [0.25, 0.3) is 0 Å². The van der Waals surface area contributed by atoms with Crippen LogP contribution < -0.4 is 14.8 Å². The zero-order valence-electron chi connectivity index (χ0n) is 12.4. The molecule has 0 radical (unpaired) electrons. The maximum absolute atomic E-state index is 12.1. The minimum absolute atomic E-state index is 0.127. The Labute approximate surface area is 123 Å². The highest BCUT2D eigenvalue weighted by Gasteiger charge is 2.12. The molecule has 0 aliphatic carbocycles. The first kappa shape index (κ1) is 14.9. The van der Waals surface area contributed by atoms with Crippen LogP contribution in [0.2, 0.25) is 0 Å². The molecule has 112 valence electrons. The molecule has 0 aliphatic rings. The molecule has 1 aromatic heterocycles. The largest absolute Gasteiger partial charge is 0.497 e. The second kappa shape index (κ2) is 6.78. The van der Waals surface area contributed by atoms with Gasteiger partial charge in [-0.3, -0.25) is 9.89 Å². The molecular weight excluding hydrogens is 270 g/mol. The molecule has 1 aromatic carbocycles. The molecule has 0 atom stereocenters. The maximum atomic E-state index is 12.1. The number of aryl methyl sites for hydroxylation is 1. The van der Waals surface area contributed by atoms with Crippen LogP contribution in [0.5, 0.6) is 11.5 Å². The van der Waals surface area contributed by atoms with Gasteiger partial charge >= 0.3 is 0 Å². The number of nitrogens with one attached hydrogen (secondary N) is 2. The van der Waals surface area contributed by atoms with E-state index in [1.54, 1.807) is 32.5 Å². The number of ether oxygens (including phenoxy) is 2. The number of H-pyrrole nitrogens is 1. The molecule has 0 spiro atoms. The van der Waals surface area contributed by atoms with Crippen LogP contribution in [-0.2, 0) is 17.6 Å². The molecule has 1 amide bonds. The summed E-state index contributed by atoms with van der Waals surface area (Å²) in [4.78, 5) is 12.1. The Balaban J connectivity index is 2.09. The third kappa shape index (κ3) is 3.53. The number of aromatic nitrogens is 2. The average Bonchev–Trinajstić information content (AvgIpc) is 2.94. The Bertz CT molecular complexity index is 622. The van der Waals surface area contributed by atoms with Crippen molar-refractivity contribution in [1.29, 1.82) is 0 Å². The zero-order chi connectivity index (χ0) is 15.2. The molecule has 1 heterocycles. The number of benzene rings is 1. The summed E-state index contributed by atoms with van der Waals surface area (Å²) in [5.74, 6) is 1.84. The van der Waals surface area contributed by atoms with Crippen molar-refractivity contribution in [3.63, 3.8) is 0 Å². The summed E-state index contributed by atoms with van der Waals surface area (Å²) >= 11 is 0. The van der Waals surface area contributed by atoms with Crippen molar-refractivity contribution < 1.29 is 14.3 Å². The molecular formula is C15H19N3O3. The van der Waals surface area contributed by atoms with E-state index in [4.69, 9.17) is 9.47 Å². The normalized spacial score (nSPS) is 10.2. The highest BCUT2D eigenvalue weighted by atomic mass is 16.5. The van der Waals surface area contributed by atoms with Crippen LogP contribution in [0.1, 0.15) is 18.1 Å². The van der Waals surface area contributed by atoms with Gasteiger partial charge < -0.3 is 14.8 Å². The van der Waals surface area contributed by atoms with Gasteiger partial charge in [-0.1, -0.05) is 13.0 Å². The van der Waals surface area contributed by atoms with Crippen molar-refractivity contribution in [2.24, 2.45) is 0 Å². The van der Waals surface area contributed by atoms with Gasteiger partial charge in [-0.15, -0.1) is 0 Å². The molecule has 0 saturated carbocycles. The van der Waals surface area contributed by atoms with Crippen molar-refractivity contribution in [2.45, 2.75) is 19.8 Å². The molecule has 0 aliphatic heterocycles. The fourth-order valence-corrected chi connectivity index (χ4v) is 2.04. The second-order valence-electron chi connectivity index (χ2n) is 4.53. The minimum Gasteiger partial charge on any atom is -0.497 e. The van der Waals surface area contributed by atoms with Crippen LogP contribution >= 0.6 is 0 Å². The summed E-state index contributed by atoms with van der Waals surface area (Å²) in [5, 5.41) is 9.54. The van der Waals surface area contributed by atoms with Crippen molar-refractivity contribution in [3.8, 4) is 11.5 Å². The first-order valence-electron chi connectivity index (χ1n) is 6.71. The van der Waals surface area contributed by atoms with Gasteiger partial charge in [0.15, 0.2) is 0 Å². The van der Waals surface area contributed by atoms with Crippen LogP contribution in [-0.4, -0.2) is 30.3 Å². The zero-order valence-corrected chi connectivity index (χ0v) is 12.4. The summed E-state index contributed by atoms with van der Waals surface area (Å²) in [6.07, 6.45) is 2.73. The topological polar surface area (TPSA) is 76.2 Å². The second-order valence-corrected chi connectivity index (χ2v) is 4.53. The Morgan fingerprint density at radius 3 is 2.76 bits per heavy atom. The van der Waals surface area contributed by atoms with Crippen LogP contribution in [0.15, 0.2) is 24.4 Å². The van der Waals surface area contributed by atoms with Crippen LogP contribution in [0.4, 0.5) is 5.82 Å². The number of hydrogen-bond donors (Lipinski definition) is 2. The molecule has 2 aromatic rings. The number of carbonyl (C=O) groups is 1. The number of amides is 1. The van der Waals surface area contributed by atoms with E-state index < -0.39 is 0 Å². The first-order valence-corrected chi connectivity index (χ1v) is 6.71. The lowest BCUT2D eigenvalue weighted by molar-refractivity contribution is -0.115. The SMILES string of the molecule is CCc1cn[nH]c1NC(=O)Cc1ccc(OC)cc1OC. The van der Waals surface area contributed by atoms with Gasteiger partial charge in [0.05, 0.1) is 26.8 Å². The predicted octanol–water partition coefficient (Wildman–Crippen LogP) is 2.17. The lowest BCUT2D eigenvalue weighted by atomic mass is 10.1. The standard InChI is InChI=1S/C15H19N3O3/c1-4-10-9-16-18-15(10)17-14(19)7-11-5-6-12(20-2)8-13(11)21-3/h5-6,8-9H,4,7H2,1-3H3,(H2,16,17,18,19). The number of carbonyl (C=O) groups excluding carboxylic acids is 1. The van der Waals surface area contributed by atoms with E-state index in [1.165, 1.54) is 0 Å². The summed E-state index contributed by atoms with van der Waals surface area (Å²) in [6.45, 7) is 2.01. The Hall–Kier alpha value is -2.50. The third-order valence-electron chi connectivity index (χ3n) is 3.21. The molecule has 2 N–H and O–H groups in total. The van der Waals surface area contributed by atoms with Crippen LogP contribution in [0.25, 0.3) is 0 Å². The quantitative estimate of drug-likeness (QED) is 0.854. The van der Waals surface area contributed by atoms with E-state index in [1.807, 2.05) is 13.0 Å². The van der Waals surface area contributed by atoms with Gasteiger partial charge in [0.1, 0.15) is 17.3 Å². The fraction of sp³-hybridized carbons (Fsp3) is 0.333. The average molecular weight is 289 g/mol. The highest BCUT2D eigenvalue weighted by Crippen LogP contribution is 2.25. The molecule has 6 heteroatoms. The lowest BCUT2D eigenvalue weighted by Crippen LogP contribution is -2.16. The van der Waals surface area contributed by atoms with Crippen LogP contribution in [0.3, 0.4) is 0 Å². The third-order valence-corrected chi connectivity index (χ3v) is 3.21. The van der Waals surface area contributed by atoms with Crippen molar-refractivity contribution in [3.05, 3.63) is 35.5 Å². The summed E-state index contributed by atoms with van der Waals surface area (Å²) in [6, 6.07) is 5.39. The predicted molar refractivity (Wildman–Crippen MR) is 79.8 cm³/mol. The van der Waals surface area contributed by atoms with E-state index in [-0.39, 0.29) is 12.3 Å². The molecule has 0 fully saturated rings. The Morgan fingerprint density at radius 1 is 1.29 bits per heavy atom. The van der Waals surface area contributed by atoms with Crippen molar-refractivity contribution in [2.75, 3.05) is 19.5 Å². The van der Waals surface area contributed by atoms with Gasteiger partial charge in [0.2, 0.25) is 5.91 Å². The van der Waals surface area contributed by atoms with Gasteiger partial charge in [-0.25, -0.2) is 0 Å². The van der Waals surface area contributed by atoms with Gasteiger partial charge in [-0.05, 0) is 12.5 Å². The summed E-state index contributed by atoms with van der Waals surface area (Å²) < 4.78 is 10.4.